The zero-order valence-electron chi connectivity index (χ0n) is 11.0. The van der Waals surface area contributed by atoms with Crippen LogP contribution < -0.4 is 15.8 Å². The monoisotopic (exact) mass is 252 g/mol. The van der Waals surface area contributed by atoms with Gasteiger partial charge in [0.05, 0.1) is 13.7 Å². The summed E-state index contributed by atoms with van der Waals surface area (Å²) >= 11 is 0. The second-order valence-electron chi connectivity index (χ2n) is 4.19. The lowest BCUT2D eigenvalue weighted by Gasteiger charge is -2.22. The average molecular weight is 252 g/mol. The molecule has 0 aliphatic heterocycles. The first-order valence-electron chi connectivity index (χ1n) is 5.77. The van der Waals surface area contributed by atoms with Crippen LogP contribution in [0.5, 0.6) is 5.75 Å². The number of rotatable bonds is 7. The van der Waals surface area contributed by atoms with Gasteiger partial charge in [-0.3, -0.25) is 4.79 Å². The number of ether oxygens (including phenoxy) is 2. The first kappa shape index (κ1) is 14.3. The summed E-state index contributed by atoms with van der Waals surface area (Å²) in [6.07, 6.45) is 0. The summed E-state index contributed by atoms with van der Waals surface area (Å²) in [4.78, 5) is 11.4. The number of methoxy groups -OCH3 is 2. The maximum atomic E-state index is 11.4. The number of anilines is 1. The third kappa shape index (κ3) is 3.92. The van der Waals surface area contributed by atoms with Crippen LogP contribution in [0.1, 0.15) is 6.92 Å². The minimum absolute atomic E-state index is 0.0151. The lowest BCUT2D eigenvalue weighted by Crippen LogP contribution is -2.42. The maximum Gasteiger partial charge on any atom is 0.240 e. The molecule has 0 aromatic heterocycles. The lowest BCUT2D eigenvalue weighted by atomic mass is 10.0. The van der Waals surface area contributed by atoms with Crippen LogP contribution in [0.25, 0.3) is 0 Å². The molecule has 1 rings (SSSR count). The molecule has 18 heavy (non-hydrogen) atoms. The highest BCUT2D eigenvalue weighted by Crippen LogP contribution is 2.19. The SMILES string of the molecule is COCC(C)C(Nc1cccc(OC)c1)C(N)=O. The predicted molar refractivity (Wildman–Crippen MR) is 70.6 cm³/mol. The highest BCUT2D eigenvalue weighted by atomic mass is 16.5. The van der Waals surface area contributed by atoms with E-state index in [1.165, 1.54) is 0 Å². The molecular weight excluding hydrogens is 232 g/mol. The number of nitrogens with one attached hydrogen (secondary N) is 1. The molecule has 1 amide bonds. The fraction of sp³-hybridized carbons (Fsp3) is 0.462. The summed E-state index contributed by atoms with van der Waals surface area (Å²) in [6.45, 7) is 2.37. The predicted octanol–water partition coefficient (Wildman–Crippen LogP) is 1.24. The normalized spacial score (nSPS) is 13.7. The number of benzene rings is 1. The topological polar surface area (TPSA) is 73.6 Å². The smallest absolute Gasteiger partial charge is 0.240 e. The summed E-state index contributed by atoms with van der Waals surface area (Å²) in [5, 5.41) is 3.10. The van der Waals surface area contributed by atoms with Gasteiger partial charge in [0.25, 0.3) is 0 Å². The minimum atomic E-state index is -0.475. The van der Waals surface area contributed by atoms with Gasteiger partial charge in [0.15, 0.2) is 0 Å². The Labute approximate surface area is 107 Å². The highest BCUT2D eigenvalue weighted by Gasteiger charge is 2.22. The van der Waals surface area contributed by atoms with Crippen molar-refractivity contribution >= 4 is 11.6 Å². The van der Waals surface area contributed by atoms with Crippen molar-refractivity contribution in [1.29, 1.82) is 0 Å². The van der Waals surface area contributed by atoms with Crippen molar-refractivity contribution in [2.24, 2.45) is 11.7 Å². The molecule has 2 unspecified atom stereocenters. The number of carbonyl (C=O) groups excluding carboxylic acids is 1. The molecule has 0 bridgehead atoms. The van der Waals surface area contributed by atoms with Crippen molar-refractivity contribution in [2.75, 3.05) is 26.1 Å². The summed E-state index contributed by atoms with van der Waals surface area (Å²) in [7, 11) is 3.19. The van der Waals surface area contributed by atoms with Gasteiger partial charge in [0.1, 0.15) is 11.8 Å². The van der Waals surface area contributed by atoms with Crippen molar-refractivity contribution in [2.45, 2.75) is 13.0 Å². The van der Waals surface area contributed by atoms with E-state index < -0.39 is 11.9 Å². The second-order valence-corrected chi connectivity index (χ2v) is 4.19. The lowest BCUT2D eigenvalue weighted by molar-refractivity contribution is -0.120. The number of hydrogen-bond acceptors (Lipinski definition) is 4. The van der Waals surface area contributed by atoms with Crippen LogP contribution in [0.2, 0.25) is 0 Å². The molecule has 100 valence electrons. The highest BCUT2D eigenvalue weighted by molar-refractivity contribution is 5.83. The van der Waals surface area contributed by atoms with E-state index in [1.807, 2.05) is 31.2 Å². The van der Waals surface area contributed by atoms with E-state index in [0.29, 0.717) is 6.61 Å². The molecule has 1 aromatic rings. The zero-order valence-corrected chi connectivity index (χ0v) is 11.0. The van der Waals surface area contributed by atoms with Crippen LogP contribution in [0.4, 0.5) is 5.69 Å². The fourth-order valence-corrected chi connectivity index (χ4v) is 1.75. The molecular formula is C13H20N2O3. The van der Waals surface area contributed by atoms with Gasteiger partial charge >= 0.3 is 0 Å². The Balaban J connectivity index is 2.79. The molecule has 0 spiro atoms. The van der Waals surface area contributed by atoms with Gasteiger partial charge in [-0.25, -0.2) is 0 Å². The van der Waals surface area contributed by atoms with Crippen molar-refractivity contribution in [3.05, 3.63) is 24.3 Å². The summed E-state index contributed by atoms with van der Waals surface area (Å²) in [6, 6.07) is 6.88. The van der Waals surface area contributed by atoms with Crippen molar-refractivity contribution in [3.8, 4) is 5.75 Å². The quantitative estimate of drug-likeness (QED) is 0.765. The van der Waals surface area contributed by atoms with E-state index in [0.717, 1.165) is 11.4 Å². The Hall–Kier alpha value is -1.75. The standard InChI is InChI=1S/C13H20N2O3/c1-9(8-17-2)12(13(14)16)15-10-5-4-6-11(7-10)18-3/h4-7,9,12,15H,8H2,1-3H3,(H2,14,16). The Morgan fingerprint density at radius 1 is 1.44 bits per heavy atom. The molecule has 2 atom stereocenters. The maximum absolute atomic E-state index is 11.4. The Morgan fingerprint density at radius 2 is 2.17 bits per heavy atom. The van der Waals surface area contributed by atoms with Crippen molar-refractivity contribution < 1.29 is 14.3 Å². The van der Waals surface area contributed by atoms with Crippen LogP contribution >= 0.6 is 0 Å². The zero-order chi connectivity index (χ0) is 13.5. The Morgan fingerprint density at radius 3 is 2.72 bits per heavy atom. The van der Waals surface area contributed by atoms with Gasteiger partial charge in [-0.1, -0.05) is 13.0 Å². The van der Waals surface area contributed by atoms with Crippen molar-refractivity contribution in [1.82, 2.24) is 0 Å². The van der Waals surface area contributed by atoms with E-state index in [9.17, 15) is 4.79 Å². The van der Waals surface area contributed by atoms with Crippen LogP contribution in [0, 0.1) is 5.92 Å². The number of primary amides is 1. The largest absolute Gasteiger partial charge is 0.497 e. The molecule has 0 heterocycles. The van der Waals surface area contributed by atoms with E-state index in [1.54, 1.807) is 14.2 Å². The Bertz CT molecular complexity index is 396. The Kier molecular flexibility index (Phi) is 5.45. The first-order chi connectivity index (χ1) is 8.58. The third-order valence-electron chi connectivity index (χ3n) is 2.70. The summed E-state index contributed by atoms with van der Waals surface area (Å²) in [5.41, 5.74) is 6.19. The van der Waals surface area contributed by atoms with Crippen LogP contribution in [-0.2, 0) is 9.53 Å². The van der Waals surface area contributed by atoms with Gasteiger partial charge in [0, 0.05) is 24.8 Å². The van der Waals surface area contributed by atoms with E-state index in [-0.39, 0.29) is 5.92 Å². The minimum Gasteiger partial charge on any atom is -0.497 e. The molecule has 0 aliphatic rings. The molecule has 0 radical (unpaired) electrons. The van der Waals surface area contributed by atoms with Gasteiger partial charge in [0.2, 0.25) is 5.91 Å². The number of nitrogens with two attached hydrogens (primary N) is 1. The van der Waals surface area contributed by atoms with Crippen LogP contribution in [-0.4, -0.2) is 32.8 Å². The summed E-state index contributed by atoms with van der Waals surface area (Å²) < 4.78 is 10.2. The number of carbonyl (C=O) groups is 1. The van der Waals surface area contributed by atoms with Crippen LogP contribution in [0.15, 0.2) is 24.3 Å². The molecule has 0 saturated heterocycles. The average Bonchev–Trinajstić information content (AvgIpc) is 2.36. The molecule has 0 saturated carbocycles. The number of amides is 1. The van der Waals surface area contributed by atoms with E-state index >= 15 is 0 Å². The van der Waals surface area contributed by atoms with Gasteiger partial charge in [-0.2, -0.15) is 0 Å². The van der Waals surface area contributed by atoms with E-state index in [4.69, 9.17) is 15.2 Å². The molecule has 0 fully saturated rings. The molecule has 3 N–H and O–H groups in total. The van der Waals surface area contributed by atoms with Gasteiger partial charge < -0.3 is 20.5 Å². The molecule has 0 aliphatic carbocycles. The molecule has 5 heteroatoms. The summed E-state index contributed by atoms with van der Waals surface area (Å²) in [5.74, 6) is 0.309. The van der Waals surface area contributed by atoms with Gasteiger partial charge in [-0.15, -0.1) is 0 Å². The van der Waals surface area contributed by atoms with Crippen molar-refractivity contribution in [3.63, 3.8) is 0 Å². The van der Waals surface area contributed by atoms with E-state index in [2.05, 4.69) is 5.32 Å². The fourth-order valence-electron chi connectivity index (χ4n) is 1.75. The van der Waals surface area contributed by atoms with Gasteiger partial charge in [-0.05, 0) is 12.1 Å². The number of hydrogen-bond donors (Lipinski definition) is 2. The third-order valence-corrected chi connectivity index (χ3v) is 2.70. The molecule has 5 nitrogen and oxygen atoms in total. The van der Waals surface area contributed by atoms with Crippen LogP contribution in [0.3, 0.4) is 0 Å². The first-order valence-corrected chi connectivity index (χ1v) is 5.77. The molecule has 1 aromatic carbocycles. The second kappa shape index (κ2) is 6.86.